The van der Waals surface area contributed by atoms with Gasteiger partial charge in [0.05, 0.1) is 6.42 Å². The van der Waals surface area contributed by atoms with Crippen LogP contribution in [0.15, 0.2) is 28.7 Å². The molecule has 0 spiro atoms. The Hall–Kier alpha value is -1.39. The van der Waals surface area contributed by atoms with Gasteiger partial charge in [-0.15, -0.1) is 10.2 Å². The number of benzene rings is 1. The Labute approximate surface area is 105 Å². The monoisotopic (exact) mass is 251 g/mol. The quantitative estimate of drug-likeness (QED) is 0.884. The van der Waals surface area contributed by atoms with E-state index < -0.39 is 0 Å². The van der Waals surface area contributed by atoms with Gasteiger partial charge in [0.25, 0.3) is 0 Å². The molecule has 90 valence electrons. The lowest BCUT2D eigenvalue weighted by Crippen LogP contribution is -2.10. The third-order valence-electron chi connectivity index (χ3n) is 2.34. The molecule has 1 N–H and O–H groups in total. The van der Waals surface area contributed by atoms with Gasteiger partial charge in [-0.25, -0.2) is 0 Å². The number of rotatable bonds is 5. The largest absolute Gasteiger partial charge is 0.425 e. The van der Waals surface area contributed by atoms with Gasteiger partial charge in [0.2, 0.25) is 11.8 Å². The Kier molecular flexibility index (Phi) is 4.12. The van der Waals surface area contributed by atoms with Crippen molar-refractivity contribution in [2.45, 2.75) is 12.8 Å². The highest BCUT2D eigenvalue weighted by atomic mass is 35.5. The molecule has 5 heteroatoms. The average molecular weight is 252 g/mol. The zero-order valence-corrected chi connectivity index (χ0v) is 10.4. The summed E-state index contributed by atoms with van der Waals surface area (Å²) in [5.74, 6) is 1.29. The Bertz CT molecular complexity index is 484. The summed E-state index contributed by atoms with van der Waals surface area (Å²) in [7, 11) is 1.89. The maximum Gasteiger partial charge on any atom is 0.220 e. The standard InChI is InChI=1S/C12H14ClN3O/c1-14-6-5-11-15-16-12(17-11)8-9-3-2-4-10(13)7-9/h2-4,7,14H,5-6,8H2,1H3. The fourth-order valence-electron chi connectivity index (χ4n) is 1.51. The number of hydrogen-bond donors (Lipinski definition) is 1. The van der Waals surface area contributed by atoms with E-state index in [1.807, 2.05) is 31.3 Å². The van der Waals surface area contributed by atoms with Crippen LogP contribution in [0.3, 0.4) is 0 Å². The number of nitrogens with one attached hydrogen (secondary N) is 1. The van der Waals surface area contributed by atoms with Gasteiger partial charge in [0, 0.05) is 18.0 Å². The summed E-state index contributed by atoms with van der Waals surface area (Å²) >= 11 is 5.91. The summed E-state index contributed by atoms with van der Waals surface area (Å²) in [6, 6.07) is 7.65. The maximum atomic E-state index is 5.91. The molecule has 0 fully saturated rings. The zero-order valence-electron chi connectivity index (χ0n) is 9.61. The SMILES string of the molecule is CNCCc1nnc(Cc2cccc(Cl)c2)o1. The van der Waals surface area contributed by atoms with Crippen LogP contribution in [0, 0.1) is 0 Å². The summed E-state index contributed by atoms with van der Waals surface area (Å²) in [5.41, 5.74) is 1.07. The molecule has 0 saturated heterocycles. The first-order valence-corrected chi connectivity index (χ1v) is 5.86. The summed E-state index contributed by atoms with van der Waals surface area (Å²) in [5, 5.41) is 11.7. The minimum absolute atomic E-state index is 0.618. The molecule has 1 aromatic heterocycles. The smallest absolute Gasteiger partial charge is 0.220 e. The van der Waals surface area contributed by atoms with E-state index in [2.05, 4.69) is 15.5 Å². The molecule has 0 aliphatic rings. The van der Waals surface area contributed by atoms with Crippen molar-refractivity contribution in [3.63, 3.8) is 0 Å². The fraction of sp³-hybridized carbons (Fsp3) is 0.333. The van der Waals surface area contributed by atoms with Gasteiger partial charge in [-0.05, 0) is 24.7 Å². The van der Waals surface area contributed by atoms with Gasteiger partial charge in [-0.2, -0.15) is 0 Å². The zero-order chi connectivity index (χ0) is 12.1. The van der Waals surface area contributed by atoms with Gasteiger partial charge in [-0.1, -0.05) is 23.7 Å². The summed E-state index contributed by atoms with van der Waals surface area (Å²) in [6.07, 6.45) is 1.37. The van der Waals surface area contributed by atoms with Gasteiger partial charge in [0.1, 0.15) is 0 Å². The predicted molar refractivity (Wildman–Crippen MR) is 66.2 cm³/mol. The highest BCUT2D eigenvalue weighted by molar-refractivity contribution is 6.30. The van der Waals surface area contributed by atoms with Crippen LogP contribution in [0.25, 0.3) is 0 Å². The summed E-state index contributed by atoms with van der Waals surface area (Å²) in [6.45, 7) is 0.832. The van der Waals surface area contributed by atoms with Crippen LogP contribution in [0.4, 0.5) is 0 Å². The van der Waals surface area contributed by atoms with Crippen molar-refractivity contribution in [3.8, 4) is 0 Å². The van der Waals surface area contributed by atoms with Crippen molar-refractivity contribution in [2.75, 3.05) is 13.6 Å². The fourth-order valence-corrected chi connectivity index (χ4v) is 1.73. The van der Waals surface area contributed by atoms with Gasteiger partial charge in [-0.3, -0.25) is 0 Å². The first-order valence-electron chi connectivity index (χ1n) is 5.48. The molecule has 1 heterocycles. The van der Waals surface area contributed by atoms with Crippen LogP contribution in [0.5, 0.6) is 0 Å². The van der Waals surface area contributed by atoms with Crippen molar-refractivity contribution in [3.05, 3.63) is 46.6 Å². The van der Waals surface area contributed by atoms with Crippen molar-refractivity contribution >= 4 is 11.6 Å². The molecule has 2 aromatic rings. The highest BCUT2D eigenvalue weighted by Gasteiger charge is 2.06. The van der Waals surface area contributed by atoms with Gasteiger partial charge < -0.3 is 9.73 Å². The van der Waals surface area contributed by atoms with Crippen LogP contribution < -0.4 is 5.32 Å². The van der Waals surface area contributed by atoms with Crippen molar-refractivity contribution < 1.29 is 4.42 Å². The molecule has 0 saturated carbocycles. The van der Waals surface area contributed by atoms with Crippen LogP contribution in [0.1, 0.15) is 17.3 Å². The number of nitrogens with zero attached hydrogens (tertiary/aromatic N) is 2. The number of hydrogen-bond acceptors (Lipinski definition) is 4. The lowest BCUT2D eigenvalue weighted by atomic mass is 10.1. The minimum atomic E-state index is 0.618. The molecule has 17 heavy (non-hydrogen) atoms. The van der Waals surface area contributed by atoms with E-state index in [4.69, 9.17) is 16.0 Å². The summed E-state index contributed by atoms with van der Waals surface area (Å²) < 4.78 is 5.52. The normalized spacial score (nSPS) is 10.7. The van der Waals surface area contributed by atoms with Crippen molar-refractivity contribution in [1.82, 2.24) is 15.5 Å². The Morgan fingerprint density at radius 1 is 1.29 bits per heavy atom. The second-order valence-electron chi connectivity index (χ2n) is 3.75. The number of aromatic nitrogens is 2. The third-order valence-corrected chi connectivity index (χ3v) is 2.58. The molecular weight excluding hydrogens is 238 g/mol. The summed E-state index contributed by atoms with van der Waals surface area (Å²) in [4.78, 5) is 0. The first kappa shape index (κ1) is 12.1. The molecule has 0 atom stereocenters. The van der Waals surface area contributed by atoms with Crippen LogP contribution in [0.2, 0.25) is 5.02 Å². The lowest BCUT2D eigenvalue weighted by Gasteiger charge is -1.97. The van der Waals surface area contributed by atoms with E-state index in [9.17, 15) is 0 Å². The van der Waals surface area contributed by atoms with Crippen LogP contribution in [-0.2, 0) is 12.8 Å². The average Bonchev–Trinajstić information content (AvgIpc) is 2.74. The molecule has 0 radical (unpaired) electrons. The van der Waals surface area contributed by atoms with Crippen molar-refractivity contribution in [1.29, 1.82) is 0 Å². The third kappa shape index (κ3) is 3.54. The van der Waals surface area contributed by atoms with E-state index in [1.165, 1.54) is 0 Å². The van der Waals surface area contributed by atoms with E-state index in [0.29, 0.717) is 18.2 Å². The first-order chi connectivity index (χ1) is 8.28. The molecular formula is C12H14ClN3O. The van der Waals surface area contributed by atoms with Crippen LogP contribution in [-0.4, -0.2) is 23.8 Å². The Morgan fingerprint density at radius 2 is 2.12 bits per heavy atom. The molecule has 0 unspecified atom stereocenters. The molecule has 0 aliphatic carbocycles. The van der Waals surface area contributed by atoms with Gasteiger partial charge >= 0.3 is 0 Å². The number of likely N-dealkylation sites (N-methyl/N-ethyl adjacent to an activating group) is 1. The molecule has 0 amide bonds. The highest BCUT2D eigenvalue weighted by Crippen LogP contribution is 2.14. The van der Waals surface area contributed by atoms with E-state index in [0.717, 1.165) is 23.6 Å². The second kappa shape index (κ2) is 5.80. The van der Waals surface area contributed by atoms with E-state index in [1.54, 1.807) is 0 Å². The second-order valence-corrected chi connectivity index (χ2v) is 4.19. The molecule has 4 nitrogen and oxygen atoms in total. The maximum absolute atomic E-state index is 5.91. The van der Waals surface area contributed by atoms with Crippen molar-refractivity contribution in [2.24, 2.45) is 0 Å². The predicted octanol–water partition coefficient (Wildman–Crippen LogP) is 2.08. The number of halogens is 1. The van der Waals surface area contributed by atoms with E-state index >= 15 is 0 Å². The Balaban J connectivity index is 2.01. The van der Waals surface area contributed by atoms with E-state index in [-0.39, 0.29) is 0 Å². The topological polar surface area (TPSA) is 51.0 Å². The molecule has 0 bridgehead atoms. The minimum Gasteiger partial charge on any atom is -0.425 e. The Morgan fingerprint density at radius 3 is 2.88 bits per heavy atom. The van der Waals surface area contributed by atoms with Gasteiger partial charge in [0.15, 0.2) is 0 Å². The molecule has 2 rings (SSSR count). The molecule has 1 aromatic carbocycles. The van der Waals surface area contributed by atoms with Crippen LogP contribution >= 0.6 is 11.6 Å². The lowest BCUT2D eigenvalue weighted by molar-refractivity contribution is 0.454. The molecule has 0 aliphatic heterocycles.